The zero-order chi connectivity index (χ0) is 13.1. The highest BCUT2D eigenvalue weighted by molar-refractivity contribution is 7.71. The van der Waals surface area contributed by atoms with E-state index in [1.807, 2.05) is 16.7 Å². The van der Waals surface area contributed by atoms with E-state index in [-0.39, 0.29) is 0 Å². The Kier molecular flexibility index (Phi) is 3.70. The molecule has 3 rings (SSSR count). The Morgan fingerprint density at radius 1 is 1.37 bits per heavy atom. The number of pyridine rings is 1. The molecule has 2 aromatic heterocycles. The first-order chi connectivity index (χ1) is 9.34. The van der Waals surface area contributed by atoms with Crippen LogP contribution in [-0.2, 0) is 11.3 Å². The number of aromatic amines is 1. The molecular weight excluding hydrogens is 260 g/mol. The smallest absolute Gasteiger partial charge is 0.195 e. The van der Waals surface area contributed by atoms with E-state index in [0.717, 1.165) is 30.5 Å². The molecule has 2 aromatic rings. The van der Waals surface area contributed by atoms with Gasteiger partial charge >= 0.3 is 0 Å². The molecule has 1 aliphatic rings. The number of rotatable bonds is 6. The fraction of sp³-hybridized carbons (Fsp3) is 0.462. The lowest BCUT2D eigenvalue weighted by Crippen LogP contribution is -2.09. The summed E-state index contributed by atoms with van der Waals surface area (Å²) < 4.78 is 8.25. The highest BCUT2D eigenvalue weighted by atomic mass is 32.1. The summed E-state index contributed by atoms with van der Waals surface area (Å²) in [6.07, 6.45) is 6.13. The van der Waals surface area contributed by atoms with Gasteiger partial charge in [-0.2, -0.15) is 5.10 Å². The minimum absolute atomic E-state index is 0.627. The van der Waals surface area contributed by atoms with E-state index in [1.54, 1.807) is 12.4 Å². The predicted molar refractivity (Wildman–Crippen MR) is 74.2 cm³/mol. The van der Waals surface area contributed by atoms with Gasteiger partial charge in [0, 0.05) is 24.6 Å². The van der Waals surface area contributed by atoms with Gasteiger partial charge in [0.15, 0.2) is 10.6 Å². The molecule has 19 heavy (non-hydrogen) atoms. The molecule has 0 radical (unpaired) electrons. The van der Waals surface area contributed by atoms with E-state index >= 15 is 0 Å². The van der Waals surface area contributed by atoms with Gasteiger partial charge in [0.1, 0.15) is 0 Å². The van der Waals surface area contributed by atoms with Crippen molar-refractivity contribution in [1.29, 1.82) is 0 Å². The molecule has 1 fully saturated rings. The summed E-state index contributed by atoms with van der Waals surface area (Å²) in [4.78, 5) is 4.01. The molecule has 1 saturated carbocycles. The van der Waals surface area contributed by atoms with Crippen LogP contribution in [0, 0.1) is 10.7 Å². The van der Waals surface area contributed by atoms with Crippen LogP contribution in [0.5, 0.6) is 0 Å². The van der Waals surface area contributed by atoms with Crippen molar-refractivity contribution >= 4 is 12.2 Å². The number of ether oxygens (including phenoxy) is 1. The summed E-state index contributed by atoms with van der Waals surface area (Å²) in [5, 5.41) is 7.11. The fourth-order valence-corrected chi connectivity index (χ4v) is 2.16. The van der Waals surface area contributed by atoms with E-state index in [9.17, 15) is 0 Å². The molecule has 5 nitrogen and oxygen atoms in total. The van der Waals surface area contributed by atoms with Gasteiger partial charge in [-0.05, 0) is 43.1 Å². The summed E-state index contributed by atoms with van der Waals surface area (Å²) in [6, 6.07) is 3.85. The van der Waals surface area contributed by atoms with Crippen LogP contribution in [-0.4, -0.2) is 33.0 Å². The van der Waals surface area contributed by atoms with Gasteiger partial charge in [-0.1, -0.05) is 0 Å². The third kappa shape index (κ3) is 3.08. The Labute approximate surface area is 116 Å². The third-order valence-electron chi connectivity index (χ3n) is 3.21. The second-order valence-corrected chi connectivity index (χ2v) is 5.14. The summed E-state index contributed by atoms with van der Waals surface area (Å²) in [6.45, 7) is 2.26. The number of hydrogen-bond acceptors (Lipinski definition) is 4. The fourth-order valence-electron chi connectivity index (χ4n) is 1.94. The molecule has 0 aromatic carbocycles. The van der Waals surface area contributed by atoms with Crippen molar-refractivity contribution in [3.8, 4) is 11.4 Å². The van der Waals surface area contributed by atoms with Crippen LogP contribution in [0.15, 0.2) is 24.5 Å². The second kappa shape index (κ2) is 5.63. The maximum absolute atomic E-state index is 5.66. The molecule has 2 heterocycles. The van der Waals surface area contributed by atoms with E-state index in [0.29, 0.717) is 11.4 Å². The lowest BCUT2D eigenvalue weighted by Gasteiger charge is -2.07. The van der Waals surface area contributed by atoms with Crippen molar-refractivity contribution in [1.82, 2.24) is 19.7 Å². The van der Waals surface area contributed by atoms with E-state index in [1.165, 1.54) is 12.8 Å². The van der Waals surface area contributed by atoms with Crippen LogP contribution in [0.25, 0.3) is 11.4 Å². The number of nitrogens with one attached hydrogen (secondary N) is 1. The molecule has 0 aliphatic heterocycles. The number of H-pyrrole nitrogens is 1. The van der Waals surface area contributed by atoms with Crippen LogP contribution in [0.4, 0.5) is 0 Å². The van der Waals surface area contributed by atoms with Crippen molar-refractivity contribution in [2.75, 3.05) is 13.2 Å². The first-order valence-electron chi connectivity index (χ1n) is 6.48. The first kappa shape index (κ1) is 12.5. The predicted octanol–water partition coefficient (Wildman–Crippen LogP) is 2.43. The Balaban J connectivity index is 1.69. The zero-order valence-corrected chi connectivity index (χ0v) is 11.4. The van der Waals surface area contributed by atoms with Crippen molar-refractivity contribution in [2.24, 2.45) is 5.92 Å². The highest BCUT2D eigenvalue weighted by Crippen LogP contribution is 2.28. The lowest BCUT2D eigenvalue weighted by molar-refractivity contribution is 0.117. The Morgan fingerprint density at radius 2 is 2.16 bits per heavy atom. The van der Waals surface area contributed by atoms with Crippen molar-refractivity contribution in [3.63, 3.8) is 0 Å². The van der Waals surface area contributed by atoms with Gasteiger partial charge in [0.25, 0.3) is 0 Å². The molecule has 1 aliphatic carbocycles. The quantitative estimate of drug-likeness (QED) is 0.650. The molecule has 0 unspecified atom stereocenters. The highest BCUT2D eigenvalue weighted by Gasteiger charge is 2.21. The number of aromatic nitrogens is 4. The van der Waals surface area contributed by atoms with Gasteiger partial charge < -0.3 is 4.74 Å². The number of nitrogens with zero attached hydrogens (tertiary/aromatic N) is 3. The summed E-state index contributed by atoms with van der Waals surface area (Å²) >= 11 is 5.26. The van der Waals surface area contributed by atoms with Crippen LogP contribution in [0.2, 0.25) is 0 Å². The monoisotopic (exact) mass is 276 g/mol. The second-order valence-electron chi connectivity index (χ2n) is 4.76. The van der Waals surface area contributed by atoms with E-state index in [4.69, 9.17) is 17.0 Å². The molecule has 1 N–H and O–H groups in total. The largest absolute Gasteiger partial charge is 0.379 e. The van der Waals surface area contributed by atoms with Gasteiger partial charge in [-0.15, -0.1) is 0 Å². The van der Waals surface area contributed by atoms with Crippen LogP contribution >= 0.6 is 12.2 Å². The van der Waals surface area contributed by atoms with E-state index in [2.05, 4.69) is 15.2 Å². The molecule has 100 valence electrons. The average molecular weight is 276 g/mol. The molecule has 0 amide bonds. The number of hydrogen-bond donors (Lipinski definition) is 1. The normalized spacial score (nSPS) is 14.7. The summed E-state index contributed by atoms with van der Waals surface area (Å²) in [5.41, 5.74) is 1.00. The third-order valence-corrected chi connectivity index (χ3v) is 3.52. The topological polar surface area (TPSA) is 55.7 Å². The van der Waals surface area contributed by atoms with Gasteiger partial charge in [-0.25, -0.2) is 0 Å². The summed E-state index contributed by atoms with van der Waals surface area (Å²) in [7, 11) is 0. The maximum atomic E-state index is 5.66. The molecule has 6 heteroatoms. The molecule has 0 saturated heterocycles. The van der Waals surface area contributed by atoms with Crippen LogP contribution < -0.4 is 0 Å². The van der Waals surface area contributed by atoms with E-state index < -0.39 is 0 Å². The average Bonchev–Trinajstić information content (AvgIpc) is 3.20. The molecule has 0 spiro atoms. The van der Waals surface area contributed by atoms with Crippen molar-refractivity contribution in [3.05, 3.63) is 29.3 Å². The zero-order valence-electron chi connectivity index (χ0n) is 10.6. The Bertz CT molecular complexity index is 588. The Hall–Kier alpha value is -1.53. The summed E-state index contributed by atoms with van der Waals surface area (Å²) in [5.74, 6) is 1.62. The van der Waals surface area contributed by atoms with Gasteiger partial charge in [0.05, 0.1) is 13.2 Å². The van der Waals surface area contributed by atoms with Gasteiger partial charge in [0.2, 0.25) is 0 Å². The standard InChI is InChI=1S/C13H16N4OS/c19-13-16-15-12(11-3-5-14-6-4-11)17(13)7-8-18-9-10-1-2-10/h3-6,10H,1-2,7-9H2,(H,16,19). The van der Waals surface area contributed by atoms with Crippen molar-refractivity contribution < 1.29 is 4.74 Å². The minimum Gasteiger partial charge on any atom is -0.379 e. The first-order valence-corrected chi connectivity index (χ1v) is 6.89. The molecule has 0 bridgehead atoms. The van der Waals surface area contributed by atoms with Crippen molar-refractivity contribution in [2.45, 2.75) is 19.4 Å². The maximum Gasteiger partial charge on any atom is 0.195 e. The molecular formula is C13H16N4OS. The minimum atomic E-state index is 0.627. The molecule has 0 atom stereocenters. The van der Waals surface area contributed by atoms with Gasteiger partial charge in [-0.3, -0.25) is 14.6 Å². The SMILES string of the molecule is S=c1[nH]nc(-c2ccncc2)n1CCOCC1CC1. The Morgan fingerprint density at radius 3 is 2.89 bits per heavy atom. The van der Waals surface area contributed by atoms with Crippen LogP contribution in [0.1, 0.15) is 12.8 Å². The van der Waals surface area contributed by atoms with Crippen LogP contribution in [0.3, 0.4) is 0 Å². The lowest BCUT2D eigenvalue weighted by atomic mass is 10.2.